The van der Waals surface area contributed by atoms with Crippen molar-refractivity contribution in [3.05, 3.63) is 22.4 Å². The topological polar surface area (TPSA) is 0 Å². The zero-order chi connectivity index (χ0) is 19.4. The van der Waals surface area contributed by atoms with Crippen molar-refractivity contribution in [2.75, 3.05) is 0 Å². The maximum Gasteiger partial charge on any atom is 0.460 e. The van der Waals surface area contributed by atoms with Crippen LogP contribution in [0.1, 0.15) is 4.88 Å². The van der Waals surface area contributed by atoms with E-state index in [1.54, 1.807) is 0 Å². The molecular weight excluding hydrogens is 399 g/mol. The number of alkyl halides is 13. The first-order valence-electron chi connectivity index (χ1n) is 5.35. The molecule has 0 amide bonds. The third-order valence-electron chi connectivity index (χ3n) is 2.76. The Morgan fingerprint density at radius 3 is 1.33 bits per heavy atom. The predicted octanol–water partition coefficient (Wildman–Crippen LogP) is 5.94. The SMILES string of the molecule is FC(F)(F)C(F)(F)C(F)(F)C(F)(F)C(F)(F)C(F)(F)c1cccs1. The molecule has 0 fully saturated rings. The molecule has 0 aliphatic rings. The molecule has 24 heavy (non-hydrogen) atoms. The van der Waals surface area contributed by atoms with Crippen LogP contribution in [0.3, 0.4) is 0 Å². The summed E-state index contributed by atoms with van der Waals surface area (Å²) in [5, 5.41) is 0.639. The first-order chi connectivity index (χ1) is 10.4. The maximum atomic E-state index is 13.4. The molecule has 1 rings (SSSR count). The van der Waals surface area contributed by atoms with Crippen LogP contribution in [0.15, 0.2) is 17.5 Å². The van der Waals surface area contributed by atoms with Gasteiger partial charge in [-0.25, -0.2) is 0 Å². The van der Waals surface area contributed by atoms with Crippen LogP contribution >= 0.6 is 11.3 Å². The van der Waals surface area contributed by atoms with Gasteiger partial charge in [0.1, 0.15) is 0 Å². The Hall–Kier alpha value is -1.21. The van der Waals surface area contributed by atoms with Gasteiger partial charge in [0.25, 0.3) is 0 Å². The molecule has 0 aromatic carbocycles. The van der Waals surface area contributed by atoms with Crippen LogP contribution in [0.25, 0.3) is 0 Å². The van der Waals surface area contributed by atoms with Crippen LogP contribution in [-0.4, -0.2) is 29.9 Å². The van der Waals surface area contributed by atoms with E-state index >= 15 is 0 Å². The molecule has 0 aliphatic heterocycles. The Kier molecular flexibility index (Phi) is 4.68. The lowest BCUT2D eigenvalue weighted by Crippen LogP contribution is -2.69. The van der Waals surface area contributed by atoms with Gasteiger partial charge in [-0.3, -0.25) is 0 Å². The number of hydrogen-bond donors (Lipinski definition) is 0. The molecule has 1 heterocycles. The van der Waals surface area contributed by atoms with Crippen molar-refractivity contribution < 1.29 is 57.1 Å². The molecule has 0 saturated carbocycles. The third kappa shape index (κ3) is 2.52. The summed E-state index contributed by atoms with van der Waals surface area (Å²) in [6, 6.07) is 0.708. The minimum atomic E-state index is -7.86. The highest BCUT2D eigenvalue weighted by Gasteiger charge is 2.91. The molecule has 0 atom stereocenters. The zero-order valence-corrected chi connectivity index (χ0v) is 11.4. The highest BCUT2D eigenvalue weighted by Crippen LogP contribution is 2.62. The lowest BCUT2D eigenvalue weighted by molar-refractivity contribution is -0.441. The van der Waals surface area contributed by atoms with Crippen LogP contribution in [0.2, 0.25) is 0 Å². The van der Waals surface area contributed by atoms with Gasteiger partial charge in [0.2, 0.25) is 0 Å². The molecule has 14 heteroatoms. The van der Waals surface area contributed by atoms with Crippen LogP contribution in [-0.2, 0) is 5.92 Å². The van der Waals surface area contributed by atoms with Crippen LogP contribution < -0.4 is 0 Å². The summed E-state index contributed by atoms with van der Waals surface area (Å²) in [5.74, 6) is -36.7. The van der Waals surface area contributed by atoms with E-state index in [0.717, 1.165) is 0 Å². The van der Waals surface area contributed by atoms with E-state index in [1.807, 2.05) is 0 Å². The number of hydrogen-bond acceptors (Lipinski definition) is 1. The van der Waals surface area contributed by atoms with Gasteiger partial charge in [-0.05, 0) is 11.4 Å². The van der Waals surface area contributed by atoms with Gasteiger partial charge in [0, 0.05) is 0 Å². The van der Waals surface area contributed by atoms with Crippen molar-refractivity contribution >= 4 is 11.3 Å². The molecule has 0 bridgehead atoms. The van der Waals surface area contributed by atoms with Crippen molar-refractivity contribution in [1.29, 1.82) is 0 Å². The molecular formula is C10H3F13S. The molecule has 0 aliphatic carbocycles. The summed E-state index contributed by atoms with van der Waals surface area (Å²) < 4.78 is 166. The summed E-state index contributed by atoms with van der Waals surface area (Å²) in [4.78, 5) is -1.93. The molecule has 0 N–H and O–H groups in total. The van der Waals surface area contributed by atoms with E-state index in [0.29, 0.717) is 11.4 Å². The minimum Gasteiger partial charge on any atom is -0.193 e. The van der Waals surface area contributed by atoms with E-state index in [1.165, 1.54) is 0 Å². The van der Waals surface area contributed by atoms with Gasteiger partial charge in [-0.1, -0.05) is 6.07 Å². The highest BCUT2D eigenvalue weighted by molar-refractivity contribution is 7.10. The van der Waals surface area contributed by atoms with E-state index in [2.05, 4.69) is 0 Å². The lowest BCUT2D eigenvalue weighted by atomic mass is 9.93. The molecule has 1 aromatic rings. The smallest absolute Gasteiger partial charge is 0.193 e. The first kappa shape index (κ1) is 20.8. The largest absolute Gasteiger partial charge is 0.460 e. The monoisotopic (exact) mass is 402 g/mol. The molecule has 0 spiro atoms. The standard InChI is InChI=1S/C10H3F13S/c11-5(12,4-2-1-3-24-4)6(13,14)7(15,16)8(17,18)9(19,20)10(21,22)23/h1-3H. The Bertz CT molecular complexity index is 568. The predicted molar refractivity (Wildman–Crippen MR) is 54.1 cm³/mol. The summed E-state index contributed by atoms with van der Waals surface area (Å²) in [6.07, 6.45) is -7.39. The fourth-order valence-electron chi connectivity index (χ4n) is 1.38. The average molecular weight is 402 g/mol. The fourth-order valence-corrected chi connectivity index (χ4v) is 2.12. The normalized spacial score (nSPS) is 15.7. The second kappa shape index (κ2) is 5.39. The molecule has 0 radical (unpaired) electrons. The average Bonchev–Trinajstić information content (AvgIpc) is 2.90. The quantitative estimate of drug-likeness (QED) is 0.535. The molecule has 0 saturated heterocycles. The van der Waals surface area contributed by atoms with Crippen LogP contribution in [0.5, 0.6) is 0 Å². The van der Waals surface area contributed by atoms with Crippen molar-refractivity contribution in [2.45, 2.75) is 35.8 Å². The number of halogens is 13. The van der Waals surface area contributed by atoms with E-state index in [4.69, 9.17) is 0 Å². The maximum absolute atomic E-state index is 13.4. The van der Waals surface area contributed by atoms with Gasteiger partial charge < -0.3 is 0 Å². The minimum absolute atomic E-state index is 0.0920. The summed E-state index contributed by atoms with van der Waals surface area (Å²) in [7, 11) is 0. The Morgan fingerprint density at radius 1 is 0.583 bits per heavy atom. The molecule has 140 valence electrons. The lowest BCUT2D eigenvalue weighted by Gasteiger charge is -2.39. The van der Waals surface area contributed by atoms with Gasteiger partial charge >= 0.3 is 35.8 Å². The van der Waals surface area contributed by atoms with Crippen LogP contribution in [0.4, 0.5) is 57.1 Å². The number of rotatable bonds is 5. The number of thiophene rings is 1. The third-order valence-corrected chi connectivity index (χ3v) is 3.70. The molecule has 0 nitrogen and oxygen atoms in total. The molecule has 1 aromatic heterocycles. The second-order valence-corrected chi connectivity index (χ2v) is 5.29. The van der Waals surface area contributed by atoms with E-state index in [9.17, 15) is 57.1 Å². The Balaban J connectivity index is 3.51. The van der Waals surface area contributed by atoms with Crippen LogP contribution in [0, 0.1) is 0 Å². The summed E-state index contributed by atoms with van der Waals surface area (Å²) in [6.45, 7) is 0. The van der Waals surface area contributed by atoms with Crippen molar-refractivity contribution in [2.24, 2.45) is 0 Å². The van der Waals surface area contributed by atoms with E-state index < -0.39 is 40.7 Å². The van der Waals surface area contributed by atoms with Gasteiger partial charge in [0.15, 0.2) is 0 Å². The van der Waals surface area contributed by atoms with Crippen molar-refractivity contribution in [3.63, 3.8) is 0 Å². The molecule has 0 unspecified atom stereocenters. The highest BCUT2D eigenvalue weighted by atomic mass is 32.1. The van der Waals surface area contributed by atoms with Crippen molar-refractivity contribution in [1.82, 2.24) is 0 Å². The van der Waals surface area contributed by atoms with Gasteiger partial charge in [-0.15, -0.1) is 11.3 Å². The van der Waals surface area contributed by atoms with Gasteiger partial charge in [-0.2, -0.15) is 57.1 Å². The first-order valence-corrected chi connectivity index (χ1v) is 6.23. The van der Waals surface area contributed by atoms with Crippen molar-refractivity contribution in [3.8, 4) is 0 Å². The van der Waals surface area contributed by atoms with Gasteiger partial charge in [0.05, 0.1) is 4.88 Å². The fraction of sp³-hybridized carbons (Fsp3) is 0.600. The Morgan fingerprint density at radius 2 is 1.00 bits per heavy atom. The Labute approximate surface area is 127 Å². The van der Waals surface area contributed by atoms with E-state index in [-0.39, 0.29) is 17.4 Å². The summed E-state index contributed by atoms with van der Waals surface area (Å²) in [5.41, 5.74) is 0. The zero-order valence-electron chi connectivity index (χ0n) is 10.6. The second-order valence-electron chi connectivity index (χ2n) is 4.35. The summed E-state index contributed by atoms with van der Waals surface area (Å²) >= 11 is -0.321.